The molecular weight excluding hydrogens is 318 g/mol. The fraction of sp³-hybridized carbons (Fsp3) is 0.250. The van der Waals surface area contributed by atoms with Gasteiger partial charge in [0.25, 0.3) is 0 Å². The van der Waals surface area contributed by atoms with Crippen LogP contribution in [0.25, 0.3) is 27.9 Å². The van der Waals surface area contributed by atoms with Gasteiger partial charge in [0.05, 0.1) is 22.5 Å². The van der Waals surface area contributed by atoms with E-state index in [1.807, 2.05) is 32.0 Å². The Morgan fingerprint density at radius 3 is 2.71 bits per heavy atom. The summed E-state index contributed by atoms with van der Waals surface area (Å²) in [6.45, 7) is 4.09. The molecule has 0 amide bonds. The van der Waals surface area contributed by atoms with Crippen LogP contribution < -0.4 is 9.47 Å². The SMILES string of the molecule is COc1cc2c(c3c1c(=S)c1ccccc1n3C)C=CC(C)(C)O2. The molecular formula is C20H19NO2S. The van der Waals surface area contributed by atoms with Crippen molar-refractivity contribution in [1.29, 1.82) is 0 Å². The van der Waals surface area contributed by atoms with E-state index < -0.39 is 0 Å². The second kappa shape index (κ2) is 5.08. The summed E-state index contributed by atoms with van der Waals surface area (Å²) in [6, 6.07) is 10.2. The van der Waals surface area contributed by atoms with Crippen LogP contribution in [0.5, 0.6) is 11.5 Å². The van der Waals surface area contributed by atoms with Gasteiger partial charge in [-0.15, -0.1) is 0 Å². The van der Waals surface area contributed by atoms with Crippen LogP contribution in [0.15, 0.2) is 36.4 Å². The first-order chi connectivity index (χ1) is 11.4. The lowest BCUT2D eigenvalue weighted by atomic mass is 9.98. The number of methoxy groups -OCH3 is 1. The standard InChI is InChI=1S/C20H19NO2S/c1-20(2)10-9-13-15(23-20)11-16(22-4)17-18(13)21(3)14-8-6-5-7-12(14)19(17)24/h5-11H,1-4H3. The van der Waals surface area contributed by atoms with E-state index in [9.17, 15) is 0 Å². The third-order valence-corrected chi connectivity index (χ3v) is 5.01. The summed E-state index contributed by atoms with van der Waals surface area (Å²) >= 11 is 5.80. The van der Waals surface area contributed by atoms with Gasteiger partial charge in [-0.25, -0.2) is 0 Å². The molecule has 4 rings (SSSR count). The predicted molar refractivity (Wildman–Crippen MR) is 102 cm³/mol. The number of rotatable bonds is 1. The second-order valence-corrected chi connectivity index (χ2v) is 7.07. The molecule has 0 unspecified atom stereocenters. The minimum atomic E-state index is -0.335. The van der Waals surface area contributed by atoms with Gasteiger partial charge >= 0.3 is 0 Å². The highest BCUT2D eigenvalue weighted by Gasteiger charge is 2.26. The number of nitrogens with zero attached hydrogens (tertiary/aromatic N) is 1. The summed E-state index contributed by atoms with van der Waals surface area (Å²) in [5, 5.41) is 2.02. The number of aryl methyl sites for hydroxylation is 1. The Bertz CT molecular complexity index is 1080. The van der Waals surface area contributed by atoms with Gasteiger partial charge in [0.1, 0.15) is 17.1 Å². The average molecular weight is 337 g/mol. The monoisotopic (exact) mass is 337 g/mol. The first-order valence-corrected chi connectivity index (χ1v) is 8.34. The second-order valence-electron chi connectivity index (χ2n) is 6.66. The molecule has 1 aliphatic heterocycles. The molecule has 122 valence electrons. The van der Waals surface area contributed by atoms with Crippen molar-refractivity contribution in [3.63, 3.8) is 0 Å². The topological polar surface area (TPSA) is 23.4 Å². The first kappa shape index (κ1) is 15.2. The van der Waals surface area contributed by atoms with E-state index in [1.54, 1.807) is 7.11 Å². The molecule has 2 aromatic carbocycles. The Hall–Kier alpha value is -2.33. The number of hydrogen-bond acceptors (Lipinski definition) is 3. The maximum absolute atomic E-state index is 6.16. The summed E-state index contributed by atoms with van der Waals surface area (Å²) < 4.78 is 14.8. The number of ether oxygens (including phenoxy) is 2. The molecule has 1 aromatic heterocycles. The molecule has 0 saturated carbocycles. The maximum atomic E-state index is 6.16. The zero-order valence-electron chi connectivity index (χ0n) is 14.2. The molecule has 3 nitrogen and oxygen atoms in total. The summed E-state index contributed by atoms with van der Waals surface area (Å²) in [5.74, 6) is 1.58. The summed E-state index contributed by atoms with van der Waals surface area (Å²) in [7, 11) is 3.74. The molecule has 0 spiro atoms. The fourth-order valence-corrected chi connectivity index (χ4v) is 3.80. The third kappa shape index (κ3) is 2.06. The first-order valence-electron chi connectivity index (χ1n) is 7.93. The van der Waals surface area contributed by atoms with Crippen LogP contribution in [-0.4, -0.2) is 17.3 Å². The normalized spacial score (nSPS) is 15.3. The highest BCUT2D eigenvalue weighted by atomic mass is 32.1. The van der Waals surface area contributed by atoms with E-state index >= 15 is 0 Å². The Kier molecular flexibility index (Phi) is 3.22. The lowest BCUT2D eigenvalue weighted by molar-refractivity contribution is 0.159. The van der Waals surface area contributed by atoms with E-state index in [1.165, 1.54) is 0 Å². The zero-order valence-corrected chi connectivity index (χ0v) is 15.0. The van der Waals surface area contributed by atoms with Crippen LogP contribution in [0.1, 0.15) is 19.4 Å². The number of para-hydroxylation sites is 1. The molecule has 0 N–H and O–H groups in total. The molecule has 3 aromatic rings. The highest BCUT2D eigenvalue weighted by molar-refractivity contribution is 7.72. The molecule has 0 aliphatic carbocycles. The molecule has 0 radical (unpaired) electrons. The van der Waals surface area contributed by atoms with Gasteiger partial charge in [-0.3, -0.25) is 0 Å². The number of pyridine rings is 1. The van der Waals surface area contributed by atoms with Gasteiger partial charge in [0.15, 0.2) is 0 Å². The molecule has 0 atom stereocenters. The van der Waals surface area contributed by atoms with Crippen LogP contribution in [0.2, 0.25) is 0 Å². The number of benzene rings is 2. The average Bonchev–Trinajstić information content (AvgIpc) is 2.57. The molecule has 0 fully saturated rings. The number of fused-ring (bicyclic) bond motifs is 4. The van der Waals surface area contributed by atoms with Crippen LogP contribution in [-0.2, 0) is 7.05 Å². The van der Waals surface area contributed by atoms with E-state index in [0.29, 0.717) is 0 Å². The Balaban J connectivity index is 2.26. The number of hydrogen-bond donors (Lipinski definition) is 0. The summed E-state index contributed by atoms with van der Waals surface area (Å²) in [5.41, 5.74) is 2.85. The lowest BCUT2D eigenvalue weighted by Crippen LogP contribution is -2.27. The maximum Gasteiger partial charge on any atom is 0.133 e. The molecule has 0 saturated heterocycles. The van der Waals surface area contributed by atoms with Gasteiger partial charge < -0.3 is 14.0 Å². The summed E-state index contributed by atoms with van der Waals surface area (Å²) in [4.78, 5) is 0. The quantitative estimate of drug-likeness (QED) is 0.447. The minimum absolute atomic E-state index is 0.335. The van der Waals surface area contributed by atoms with Crippen molar-refractivity contribution >= 4 is 40.1 Å². The van der Waals surface area contributed by atoms with Crippen LogP contribution in [0.3, 0.4) is 0 Å². The van der Waals surface area contributed by atoms with Crippen molar-refractivity contribution < 1.29 is 9.47 Å². The molecule has 24 heavy (non-hydrogen) atoms. The molecule has 2 heterocycles. The van der Waals surface area contributed by atoms with Gasteiger partial charge in [-0.1, -0.05) is 30.4 Å². The van der Waals surface area contributed by atoms with Gasteiger partial charge in [0, 0.05) is 29.6 Å². The zero-order chi connectivity index (χ0) is 17.1. The van der Waals surface area contributed by atoms with Crippen molar-refractivity contribution in [2.75, 3.05) is 7.11 Å². The van der Waals surface area contributed by atoms with Crippen LogP contribution in [0, 0.1) is 4.51 Å². The van der Waals surface area contributed by atoms with E-state index in [0.717, 1.165) is 43.4 Å². The fourth-order valence-electron chi connectivity index (χ4n) is 3.43. The summed E-state index contributed by atoms with van der Waals surface area (Å²) in [6.07, 6.45) is 4.21. The molecule has 4 heteroatoms. The van der Waals surface area contributed by atoms with E-state index in [2.05, 4.69) is 35.9 Å². The van der Waals surface area contributed by atoms with Gasteiger partial charge in [0.2, 0.25) is 0 Å². The van der Waals surface area contributed by atoms with Crippen LogP contribution in [0.4, 0.5) is 0 Å². The molecule has 1 aliphatic rings. The van der Waals surface area contributed by atoms with Crippen molar-refractivity contribution in [2.24, 2.45) is 7.05 Å². The van der Waals surface area contributed by atoms with Gasteiger partial charge in [-0.05, 0) is 32.1 Å². The largest absolute Gasteiger partial charge is 0.496 e. The third-order valence-electron chi connectivity index (χ3n) is 4.58. The predicted octanol–water partition coefficient (Wildman–Crippen LogP) is 5.25. The Morgan fingerprint density at radius 2 is 1.96 bits per heavy atom. The highest BCUT2D eigenvalue weighted by Crippen LogP contribution is 2.42. The van der Waals surface area contributed by atoms with Gasteiger partial charge in [-0.2, -0.15) is 0 Å². The van der Waals surface area contributed by atoms with Crippen molar-refractivity contribution in [2.45, 2.75) is 19.4 Å². The molecule has 0 bridgehead atoms. The van der Waals surface area contributed by atoms with Crippen LogP contribution >= 0.6 is 12.2 Å². The smallest absolute Gasteiger partial charge is 0.133 e. The van der Waals surface area contributed by atoms with Crippen molar-refractivity contribution in [3.8, 4) is 11.5 Å². The van der Waals surface area contributed by atoms with Crippen molar-refractivity contribution in [1.82, 2.24) is 4.57 Å². The Morgan fingerprint density at radius 1 is 1.21 bits per heavy atom. The minimum Gasteiger partial charge on any atom is -0.496 e. The van der Waals surface area contributed by atoms with E-state index in [4.69, 9.17) is 21.7 Å². The lowest BCUT2D eigenvalue weighted by Gasteiger charge is -2.29. The number of aromatic nitrogens is 1. The van der Waals surface area contributed by atoms with Crippen molar-refractivity contribution in [3.05, 3.63) is 46.5 Å². The Labute approximate surface area is 146 Å². The van der Waals surface area contributed by atoms with E-state index in [-0.39, 0.29) is 5.60 Å².